The number of hydrogen-bond donors (Lipinski definition) is 0. The van der Waals surface area contributed by atoms with E-state index in [1.165, 1.54) is 5.69 Å². The lowest BCUT2D eigenvalue weighted by Crippen LogP contribution is -2.24. The van der Waals surface area contributed by atoms with E-state index in [9.17, 15) is 0 Å². The zero-order chi connectivity index (χ0) is 18.6. The molecular weight excluding hydrogens is 380 g/mol. The lowest BCUT2D eigenvalue weighted by atomic mass is 10.2. The van der Waals surface area contributed by atoms with Crippen LogP contribution in [0.5, 0.6) is 0 Å². The molecule has 0 radical (unpaired) electrons. The van der Waals surface area contributed by atoms with Gasteiger partial charge in [-0.2, -0.15) is 0 Å². The van der Waals surface area contributed by atoms with Crippen molar-refractivity contribution in [3.8, 4) is 5.13 Å². The molecule has 1 fully saturated rings. The van der Waals surface area contributed by atoms with Crippen molar-refractivity contribution in [2.24, 2.45) is 0 Å². The normalized spacial score (nSPS) is 17.2. The highest BCUT2D eigenvalue weighted by molar-refractivity contribution is 7.98. The Morgan fingerprint density at radius 2 is 2.30 bits per heavy atom. The Hall–Kier alpha value is -1.68. The number of aromatic nitrogens is 5. The molecule has 144 valence electrons. The van der Waals surface area contributed by atoms with E-state index in [0.29, 0.717) is 0 Å². The van der Waals surface area contributed by atoms with E-state index in [-0.39, 0.29) is 6.10 Å². The van der Waals surface area contributed by atoms with E-state index < -0.39 is 0 Å². The summed E-state index contributed by atoms with van der Waals surface area (Å²) >= 11 is 3.28. The van der Waals surface area contributed by atoms with E-state index >= 15 is 0 Å². The molecule has 0 aromatic carbocycles. The molecule has 3 aromatic rings. The van der Waals surface area contributed by atoms with Crippen molar-refractivity contribution < 1.29 is 4.74 Å². The Morgan fingerprint density at radius 1 is 1.37 bits per heavy atom. The summed E-state index contributed by atoms with van der Waals surface area (Å²) in [5, 5.41) is 12.8. The predicted molar refractivity (Wildman–Crippen MR) is 107 cm³/mol. The quantitative estimate of drug-likeness (QED) is 0.538. The highest BCUT2D eigenvalue weighted by Crippen LogP contribution is 2.21. The number of nitrogens with zero attached hydrogens (tertiary/aromatic N) is 6. The molecule has 0 amide bonds. The molecule has 0 saturated carbocycles. The SMILES string of the molecule is CSc1nnc(CN(C)Cc2cccn2-c2nccs2)n1CC1CCCO1. The maximum absolute atomic E-state index is 5.82. The molecule has 1 atom stereocenters. The van der Waals surface area contributed by atoms with E-state index in [1.54, 1.807) is 23.1 Å². The predicted octanol–water partition coefficient (Wildman–Crippen LogP) is 3.06. The van der Waals surface area contributed by atoms with Gasteiger partial charge in [0.1, 0.15) is 5.82 Å². The molecule has 1 aliphatic rings. The van der Waals surface area contributed by atoms with Gasteiger partial charge in [0.15, 0.2) is 10.3 Å². The first-order valence-electron chi connectivity index (χ1n) is 9.07. The average Bonchev–Trinajstić information content (AvgIpc) is 3.44. The van der Waals surface area contributed by atoms with E-state index in [0.717, 1.165) is 55.2 Å². The second-order valence-corrected chi connectivity index (χ2v) is 8.35. The van der Waals surface area contributed by atoms with Gasteiger partial charge in [0.2, 0.25) is 0 Å². The lowest BCUT2D eigenvalue weighted by Gasteiger charge is -2.19. The second kappa shape index (κ2) is 8.55. The summed E-state index contributed by atoms with van der Waals surface area (Å²) in [6.07, 6.45) is 8.48. The van der Waals surface area contributed by atoms with Crippen LogP contribution in [0.3, 0.4) is 0 Å². The summed E-state index contributed by atoms with van der Waals surface area (Å²) in [7, 11) is 2.11. The molecule has 0 spiro atoms. The highest BCUT2D eigenvalue weighted by atomic mass is 32.2. The Bertz CT molecular complexity index is 853. The molecule has 27 heavy (non-hydrogen) atoms. The summed E-state index contributed by atoms with van der Waals surface area (Å²) in [5.41, 5.74) is 1.21. The van der Waals surface area contributed by atoms with Gasteiger partial charge in [-0.05, 0) is 38.3 Å². The number of thioether (sulfide) groups is 1. The third-order valence-electron chi connectivity index (χ3n) is 4.69. The van der Waals surface area contributed by atoms with Gasteiger partial charge < -0.3 is 9.30 Å². The molecule has 4 rings (SSSR count). The van der Waals surface area contributed by atoms with Crippen LogP contribution in [-0.2, 0) is 24.4 Å². The third kappa shape index (κ3) is 4.26. The van der Waals surface area contributed by atoms with Crippen molar-refractivity contribution in [3.63, 3.8) is 0 Å². The standard InChI is InChI=1S/C18H24N6OS2/c1-22(11-14-5-3-8-23(14)17-19-7-10-27-17)13-16-20-21-18(26-2)24(16)12-15-6-4-9-25-15/h3,5,7-8,10,15H,4,6,9,11-13H2,1-2H3. The molecule has 9 heteroatoms. The monoisotopic (exact) mass is 404 g/mol. The van der Waals surface area contributed by atoms with Crippen LogP contribution >= 0.6 is 23.1 Å². The summed E-state index contributed by atoms with van der Waals surface area (Å²) in [6.45, 7) is 3.25. The first-order valence-corrected chi connectivity index (χ1v) is 11.2. The number of rotatable bonds is 8. The summed E-state index contributed by atoms with van der Waals surface area (Å²) in [5.74, 6) is 0.990. The van der Waals surface area contributed by atoms with Crippen LogP contribution in [0.2, 0.25) is 0 Å². The Labute approximate surface area is 167 Å². The van der Waals surface area contributed by atoms with E-state index in [1.807, 2.05) is 17.8 Å². The summed E-state index contributed by atoms with van der Waals surface area (Å²) < 4.78 is 10.2. The number of hydrogen-bond acceptors (Lipinski definition) is 7. The fourth-order valence-corrected chi connectivity index (χ4v) is 4.58. The number of thiazole rings is 1. The van der Waals surface area contributed by atoms with Crippen molar-refractivity contribution in [2.45, 2.75) is 43.7 Å². The molecule has 1 unspecified atom stereocenters. The molecule has 3 aromatic heterocycles. The topological polar surface area (TPSA) is 61.0 Å². The van der Waals surface area contributed by atoms with Crippen LogP contribution < -0.4 is 0 Å². The molecule has 0 aliphatic carbocycles. The van der Waals surface area contributed by atoms with Crippen LogP contribution in [0.25, 0.3) is 5.13 Å². The molecule has 0 bridgehead atoms. The number of ether oxygens (including phenoxy) is 1. The van der Waals surface area contributed by atoms with Crippen molar-refractivity contribution in [3.05, 3.63) is 41.4 Å². The fourth-order valence-electron chi connectivity index (χ4n) is 3.40. The van der Waals surface area contributed by atoms with Crippen LogP contribution in [0.15, 0.2) is 35.1 Å². The second-order valence-electron chi connectivity index (χ2n) is 6.71. The lowest BCUT2D eigenvalue weighted by molar-refractivity contribution is 0.0934. The maximum atomic E-state index is 5.82. The van der Waals surface area contributed by atoms with Crippen molar-refractivity contribution in [2.75, 3.05) is 19.9 Å². The van der Waals surface area contributed by atoms with Gasteiger partial charge in [-0.25, -0.2) is 4.98 Å². The summed E-state index contributed by atoms with van der Waals surface area (Å²) in [4.78, 5) is 6.68. The summed E-state index contributed by atoms with van der Waals surface area (Å²) in [6, 6.07) is 4.21. The minimum Gasteiger partial charge on any atom is -0.376 e. The third-order valence-corrected chi connectivity index (χ3v) is 6.13. The fraction of sp³-hybridized carbons (Fsp3) is 0.500. The van der Waals surface area contributed by atoms with Crippen LogP contribution in [0.1, 0.15) is 24.4 Å². The van der Waals surface area contributed by atoms with Crippen molar-refractivity contribution in [1.82, 2.24) is 29.2 Å². The maximum Gasteiger partial charge on any atom is 0.193 e. The largest absolute Gasteiger partial charge is 0.376 e. The van der Waals surface area contributed by atoms with Gasteiger partial charge in [-0.15, -0.1) is 21.5 Å². The molecule has 7 nitrogen and oxygen atoms in total. The minimum atomic E-state index is 0.276. The van der Waals surface area contributed by atoms with Gasteiger partial charge in [-0.1, -0.05) is 11.8 Å². The highest BCUT2D eigenvalue weighted by Gasteiger charge is 2.21. The Morgan fingerprint density at radius 3 is 3.04 bits per heavy atom. The van der Waals surface area contributed by atoms with E-state index in [4.69, 9.17) is 4.74 Å². The Balaban J connectivity index is 1.46. The average molecular weight is 405 g/mol. The molecule has 1 saturated heterocycles. The van der Waals surface area contributed by atoms with Crippen LogP contribution in [0, 0.1) is 0 Å². The van der Waals surface area contributed by atoms with Gasteiger partial charge >= 0.3 is 0 Å². The molecule has 4 heterocycles. The first-order chi connectivity index (χ1) is 13.2. The minimum absolute atomic E-state index is 0.276. The molecular formula is C18H24N6OS2. The van der Waals surface area contributed by atoms with Gasteiger partial charge in [0.05, 0.1) is 19.2 Å². The van der Waals surface area contributed by atoms with Crippen LogP contribution in [0.4, 0.5) is 0 Å². The molecule has 1 aliphatic heterocycles. The van der Waals surface area contributed by atoms with Gasteiger partial charge in [-0.3, -0.25) is 9.47 Å². The van der Waals surface area contributed by atoms with Crippen molar-refractivity contribution >= 4 is 23.1 Å². The van der Waals surface area contributed by atoms with Crippen molar-refractivity contribution in [1.29, 1.82) is 0 Å². The molecule has 0 N–H and O–H groups in total. The zero-order valence-corrected chi connectivity index (χ0v) is 17.2. The zero-order valence-electron chi connectivity index (χ0n) is 15.6. The van der Waals surface area contributed by atoms with Gasteiger partial charge in [0.25, 0.3) is 0 Å². The Kier molecular flexibility index (Phi) is 5.92. The van der Waals surface area contributed by atoms with Crippen LogP contribution in [-0.4, -0.2) is 55.2 Å². The smallest absolute Gasteiger partial charge is 0.193 e. The van der Waals surface area contributed by atoms with Gasteiger partial charge in [0, 0.05) is 36.6 Å². The first kappa shape index (κ1) is 18.7. The van der Waals surface area contributed by atoms with E-state index in [2.05, 4.69) is 54.6 Å².